The maximum atomic E-state index is 10.7. The molecule has 1 atom stereocenters. The standard InChI is InChI=1S/C9H11BN2O.C7H16O.C2H7NO.C2H6.H2/c10-7-3-1-2-6(4-7)5-8(11)9(12)13;1-6(2,3)7(4,5)8;3-1-2-4;1-2;/h1-4,8H,5,11H2,(H2,12,13);8H,1-5H3;4H,1-3H2;1-2H3;1H/t8-;;;;/m0..../s1. The van der Waals surface area contributed by atoms with Crippen molar-refractivity contribution in [2.24, 2.45) is 22.6 Å². The lowest BCUT2D eigenvalue weighted by Gasteiger charge is -2.33. The number of aliphatic hydroxyl groups excluding tert-OH is 1. The average molecular weight is 383 g/mol. The first-order chi connectivity index (χ1) is 12.3. The predicted molar refractivity (Wildman–Crippen MR) is 118 cm³/mol. The van der Waals surface area contributed by atoms with Gasteiger partial charge in [-0.3, -0.25) is 4.79 Å². The second-order valence-electron chi connectivity index (χ2n) is 7.28. The molecule has 8 N–H and O–H groups in total. The van der Waals surface area contributed by atoms with Crippen molar-refractivity contribution in [1.82, 2.24) is 0 Å². The van der Waals surface area contributed by atoms with E-state index in [1.807, 2.05) is 60.6 Å². The summed E-state index contributed by atoms with van der Waals surface area (Å²) in [5.74, 6) is -0.498. The Morgan fingerprint density at radius 2 is 1.63 bits per heavy atom. The quantitative estimate of drug-likeness (QED) is 0.491. The lowest BCUT2D eigenvalue weighted by Crippen LogP contribution is -2.38. The Balaban J connectivity index is -0.000000166. The van der Waals surface area contributed by atoms with Crippen LogP contribution in [0.15, 0.2) is 24.3 Å². The number of nitrogens with two attached hydrogens (primary N) is 3. The summed E-state index contributed by atoms with van der Waals surface area (Å²) in [5, 5.41) is 17.1. The van der Waals surface area contributed by atoms with Gasteiger partial charge in [0.25, 0.3) is 0 Å². The van der Waals surface area contributed by atoms with Gasteiger partial charge in [0, 0.05) is 7.97 Å². The van der Waals surface area contributed by atoms with Crippen molar-refractivity contribution >= 4 is 19.2 Å². The highest BCUT2D eigenvalue weighted by molar-refractivity contribution is 6.32. The number of hydrogen-bond donors (Lipinski definition) is 5. The number of carbonyl (C=O) groups is 1. The number of rotatable bonds is 4. The molecule has 2 radical (unpaired) electrons. The maximum absolute atomic E-state index is 10.7. The highest BCUT2D eigenvalue weighted by Crippen LogP contribution is 2.28. The zero-order valence-electron chi connectivity index (χ0n) is 18.1. The molecule has 0 bridgehead atoms. The molecule has 0 spiro atoms. The minimum atomic E-state index is -0.637. The Hall–Kier alpha value is -1.41. The van der Waals surface area contributed by atoms with E-state index < -0.39 is 17.6 Å². The van der Waals surface area contributed by atoms with Gasteiger partial charge in [0.2, 0.25) is 5.91 Å². The molecule has 0 unspecified atom stereocenters. The van der Waals surface area contributed by atoms with Crippen molar-refractivity contribution in [1.29, 1.82) is 0 Å². The summed E-state index contributed by atoms with van der Waals surface area (Å²) in [5.41, 5.74) is 16.3. The summed E-state index contributed by atoms with van der Waals surface area (Å²) >= 11 is 0. The molecule has 7 heteroatoms. The summed E-state index contributed by atoms with van der Waals surface area (Å²) in [4.78, 5) is 10.7. The van der Waals surface area contributed by atoms with Crippen LogP contribution in [0.25, 0.3) is 0 Å². The van der Waals surface area contributed by atoms with E-state index >= 15 is 0 Å². The molecule has 0 saturated carbocycles. The van der Waals surface area contributed by atoms with Gasteiger partial charge in [-0.2, -0.15) is 0 Å². The van der Waals surface area contributed by atoms with Crippen molar-refractivity contribution in [2.45, 2.75) is 66.5 Å². The van der Waals surface area contributed by atoms with Crippen LogP contribution in [-0.2, 0) is 11.2 Å². The van der Waals surface area contributed by atoms with Crippen LogP contribution in [0.5, 0.6) is 0 Å². The molecular formula is C20H42BN3O3. The monoisotopic (exact) mass is 383 g/mol. The molecule has 6 nitrogen and oxygen atoms in total. The molecule has 0 aliphatic heterocycles. The maximum Gasteiger partial charge on any atom is 0.234 e. The molecule has 0 aliphatic rings. The minimum Gasteiger partial charge on any atom is -0.395 e. The van der Waals surface area contributed by atoms with E-state index in [4.69, 9.17) is 30.2 Å². The van der Waals surface area contributed by atoms with Crippen LogP contribution in [0.4, 0.5) is 0 Å². The fourth-order valence-electron chi connectivity index (χ4n) is 1.07. The first kappa shape index (κ1) is 30.3. The van der Waals surface area contributed by atoms with Crippen LogP contribution in [0.3, 0.4) is 0 Å². The summed E-state index contributed by atoms with van der Waals surface area (Å²) in [6.45, 7) is 14.2. The number of benzene rings is 1. The van der Waals surface area contributed by atoms with Crippen LogP contribution in [0.1, 0.15) is 55.5 Å². The van der Waals surface area contributed by atoms with Crippen LogP contribution in [0, 0.1) is 5.41 Å². The average Bonchev–Trinajstić information content (AvgIpc) is 2.55. The first-order valence-corrected chi connectivity index (χ1v) is 9.18. The Labute approximate surface area is 168 Å². The topological polar surface area (TPSA) is 136 Å². The van der Waals surface area contributed by atoms with Crippen LogP contribution >= 0.6 is 0 Å². The lowest BCUT2D eigenvalue weighted by molar-refractivity contribution is -0.119. The summed E-state index contributed by atoms with van der Waals surface area (Å²) in [6, 6.07) is 6.60. The SMILES string of the molecule is CC.CC(C)(C)C(C)(C)O.NCCO.[B]c1cccc(C[C@H](N)C(N)=O)c1.[HH]. The number of primary amides is 1. The number of aliphatic hydroxyl groups is 2. The second-order valence-corrected chi connectivity index (χ2v) is 7.28. The van der Waals surface area contributed by atoms with E-state index in [0.29, 0.717) is 18.4 Å². The van der Waals surface area contributed by atoms with Crippen molar-refractivity contribution in [3.05, 3.63) is 29.8 Å². The minimum absolute atomic E-state index is 0. The summed E-state index contributed by atoms with van der Waals surface area (Å²) < 4.78 is 0. The summed E-state index contributed by atoms with van der Waals surface area (Å²) in [6.07, 6.45) is 0.431. The van der Waals surface area contributed by atoms with Crippen LogP contribution in [0.2, 0.25) is 0 Å². The van der Waals surface area contributed by atoms with Gasteiger partial charge < -0.3 is 27.4 Å². The first-order valence-electron chi connectivity index (χ1n) is 9.18. The molecule has 1 rings (SSSR count). The van der Waals surface area contributed by atoms with E-state index in [2.05, 4.69) is 0 Å². The third-order valence-electron chi connectivity index (χ3n) is 3.74. The molecule has 0 saturated heterocycles. The molecular weight excluding hydrogens is 341 g/mol. The second kappa shape index (κ2) is 15.6. The zero-order chi connectivity index (χ0) is 22.3. The molecule has 27 heavy (non-hydrogen) atoms. The smallest absolute Gasteiger partial charge is 0.234 e. The van der Waals surface area contributed by atoms with Crippen molar-refractivity contribution < 1.29 is 16.4 Å². The molecule has 1 aromatic carbocycles. The van der Waals surface area contributed by atoms with E-state index in [1.54, 1.807) is 12.1 Å². The largest absolute Gasteiger partial charge is 0.395 e. The van der Waals surface area contributed by atoms with Gasteiger partial charge in [-0.25, -0.2) is 0 Å². The molecule has 0 fully saturated rings. The Bertz CT molecular complexity index is 490. The Kier molecular flexibility index (Phi) is 17.6. The number of amides is 1. The number of hydrogen-bond acceptors (Lipinski definition) is 5. The van der Waals surface area contributed by atoms with Crippen molar-refractivity contribution in [3.63, 3.8) is 0 Å². The van der Waals surface area contributed by atoms with Crippen LogP contribution < -0.4 is 22.7 Å². The predicted octanol–water partition coefficient (Wildman–Crippen LogP) is 0.849. The Morgan fingerprint density at radius 3 is 1.89 bits per heavy atom. The van der Waals surface area contributed by atoms with E-state index in [1.165, 1.54) is 0 Å². The highest BCUT2D eigenvalue weighted by atomic mass is 16.3. The number of carbonyl (C=O) groups excluding carboxylic acids is 1. The molecule has 0 aliphatic carbocycles. The van der Waals surface area contributed by atoms with E-state index in [-0.39, 0.29) is 13.4 Å². The van der Waals surface area contributed by atoms with Gasteiger partial charge in [-0.05, 0) is 31.2 Å². The fourth-order valence-corrected chi connectivity index (χ4v) is 1.07. The van der Waals surface area contributed by atoms with Gasteiger partial charge in [0.15, 0.2) is 0 Å². The van der Waals surface area contributed by atoms with E-state index in [9.17, 15) is 9.90 Å². The fraction of sp³-hybridized carbons (Fsp3) is 0.650. The molecule has 1 amide bonds. The normalized spacial score (nSPS) is 11.5. The zero-order valence-corrected chi connectivity index (χ0v) is 18.1. The lowest BCUT2D eigenvalue weighted by atomic mass is 9.79. The summed E-state index contributed by atoms with van der Waals surface area (Å²) in [7, 11) is 5.55. The van der Waals surface area contributed by atoms with Gasteiger partial charge in [0.1, 0.15) is 7.85 Å². The Morgan fingerprint density at radius 1 is 1.22 bits per heavy atom. The van der Waals surface area contributed by atoms with Gasteiger partial charge in [0.05, 0.1) is 18.2 Å². The molecule has 0 heterocycles. The van der Waals surface area contributed by atoms with Gasteiger partial charge in [-0.15, -0.1) is 0 Å². The highest BCUT2D eigenvalue weighted by Gasteiger charge is 2.29. The van der Waals surface area contributed by atoms with Gasteiger partial charge in [-0.1, -0.05) is 64.3 Å². The van der Waals surface area contributed by atoms with Crippen molar-refractivity contribution in [2.75, 3.05) is 13.2 Å². The molecule has 1 aromatic rings. The van der Waals surface area contributed by atoms with E-state index in [0.717, 1.165) is 5.56 Å². The molecule has 158 valence electrons. The van der Waals surface area contributed by atoms with Crippen LogP contribution in [-0.4, -0.2) is 48.8 Å². The molecule has 0 aromatic heterocycles. The van der Waals surface area contributed by atoms with Gasteiger partial charge >= 0.3 is 0 Å². The van der Waals surface area contributed by atoms with Crippen molar-refractivity contribution in [3.8, 4) is 0 Å². The third-order valence-corrected chi connectivity index (χ3v) is 3.74. The third kappa shape index (κ3) is 17.8.